The van der Waals surface area contributed by atoms with Crippen LogP contribution in [0.25, 0.3) is 0 Å². The number of hydrogen-bond donors (Lipinski definition) is 0. The van der Waals surface area contributed by atoms with Crippen molar-refractivity contribution in [3.05, 3.63) is 0 Å². The van der Waals surface area contributed by atoms with E-state index in [-0.39, 0.29) is 0 Å². The predicted octanol–water partition coefficient (Wildman–Crippen LogP) is 5.17. The molecule has 0 aromatic heterocycles. The largest absolute Gasteiger partial charge is 0.0654 e. The van der Waals surface area contributed by atoms with E-state index >= 15 is 0 Å². The second-order valence-electron chi connectivity index (χ2n) is 5.34. The SMILES string of the molecule is CCCC1CCCCCCCC(C)C1. The van der Waals surface area contributed by atoms with Gasteiger partial charge in [0.1, 0.15) is 0 Å². The van der Waals surface area contributed by atoms with Crippen molar-refractivity contribution in [3.8, 4) is 0 Å². The highest BCUT2D eigenvalue weighted by Gasteiger charge is 2.13. The van der Waals surface area contributed by atoms with Gasteiger partial charge in [0, 0.05) is 0 Å². The summed E-state index contributed by atoms with van der Waals surface area (Å²) in [5.41, 5.74) is 0. The lowest BCUT2D eigenvalue weighted by Crippen LogP contribution is -2.08. The Kier molecular flexibility index (Phi) is 6.31. The standard InChI is InChI=1S/C14H28/c1-3-9-14-11-8-6-4-5-7-10-13(2)12-14/h13-14H,3-12H2,1-2H3. The molecule has 0 radical (unpaired) electrons. The van der Waals surface area contributed by atoms with E-state index in [9.17, 15) is 0 Å². The van der Waals surface area contributed by atoms with Crippen LogP contribution in [0.5, 0.6) is 0 Å². The van der Waals surface area contributed by atoms with Gasteiger partial charge in [0.2, 0.25) is 0 Å². The molecule has 0 heteroatoms. The maximum atomic E-state index is 2.46. The fourth-order valence-electron chi connectivity index (χ4n) is 2.93. The minimum Gasteiger partial charge on any atom is -0.0654 e. The van der Waals surface area contributed by atoms with Gasteiger partial charge >= 0.3 is 0 Å². The molecule has 0 heterocycles. The van der Waals surface area contributed by atoms with Gasteiger partial charge in [-0.25, -0.2) is 0 Å². The van der Waals surface area contributed by atoms with E-state index in [1.807, 2.05) is 0 Å². The molecule has 0 amide bonds. The molecule has 0 saturated heterocycles. The van der Waals surface area contributed by atoms with Crippen molar-refractivity contribution in [2.75, 3.05) is 0 Å². The van der Waals surface area contributed by atoms with Crippen molar-refractivity contribution in [1.29, 1.82) is 0 Å². The van der Waals surface area contributed by atoms with Crippen LogP contribution < -0.4 is 0 Å². The Morgan fingerprint density at radius 1 is 0.929 bits per heavy atom. The third kappa shape index (κ3) is 5.02. The quantitative estimate of drug-likeness (QED) is 0.571. The molecule has 0 aromatic carbocycles. The highest BCUT2D eigenvalue weighted by molar-refractivity contribution is 4.66. The second-order valence-corrected chi connectivity index (χ2v) is 5.34. The highest BCUT2D eigenvalue weighted by atomic mass is 14.2. The monoisotopic (exact) mass is 196 g/mol. The summed E-state index contributed by atoms with van der Waals surface area (Å²) in [5, 5.41) is 0. The summed E-state index contributed by atoms with van der Waals surface area (Å²) >= 11 is 0. The number of rotatable bonds is 2. The molecule has 0 aliphatic heterocycles. The van der Waals surface area contributed by atoms with Gasteiger partial charge in [0.25, 0.3) is 0 Å². The maximum Gasteiger partial charge on any atom is -0.0412 e. The van der Waals surface area contributed by atoms with Crippen molar-refractivity contribution in [1.82, 2.24) is 0 Å². The fourth-order valence-corrected chi connectivity index (χ4v) is 2.93. The Balaban J connectivity index is 2.31. The Morgan fingerprint density at radius 2 is 1.57 bits per heavy atom. The van der Waals surface area contributed by atoms with Gasteiger partial charge in [-0.2, -0.15) is 0 Å². The van der Waals surface area contributed by atoms with Crippen molar-refractivity contribution in [2.45, 2.75) is 78.1 Å². The molecule has 1 fully saturated rings. The summed E-state index contributed by atoms with van der Waals surface area (Å²) in [4.78, 5) is 0. The first-order valence-corrected chi connectivity index (χ1v) is 6.83. The molecule has 2 unspecified atom stereocenters. The molecular formula is C14H28. The van der Waals surface area contributed by atoms with Crippen LogP contribution in [-0.2, 0) is 0 Å². The minimum absolute atomic E-state index is 0.990. The molecule has 14 heavy (non-hydrogen) atoms. The second kappa shape index (κ2) is 7.31. The average Bonchev–Trinajstić information content (AvgIpc) is 2.17. The van der Waals surface area contributed by atoms with Gasteiger partial charge in [0.15, 0.2) is 0 Å². The lowest BCUT2D eigenvalue weighted by Gasteiger charge is -2.22. The van der Waals surface area contributed by atoms with Gasteiger partial charge in [-0.3, -0.25) is 0 Å². The summed E-state index contributed by atoms with van der Waals surface area (Å²) in [6.45, 7) is 4.80. The van der Waals surface area contributed by atoms with E-state index in [1.165, 1.54) is 64.2 Å². The van der Waals surface area contributed by atoms with Crippen LogP contribution in [0.15, 0.2) is 0 Å². The fraction of sp³-hybridized carbons (Fsp3) is 1.00. The van der Waals surface area contributed by atoms with Crippen LogP contribution in [0.3, 0.4) is 0 Å². The first-order valence-electron chi connectivity index (χ1n) is 6.83. The van der Waals surface area contributed by atoms with E-state index in [0.29, 0.717) is 0 Å². The molecule has 0 N–H and O–H groups in total. The Hall–Kier alpha value is 0. The summed E-state index contributed by atoms with van der Waals surface area (Å²) in [7, 11) is 0. The molecule has 0 aromatic rings. The van der Waals surface area contributed by atoms with E-state index in [4.69, 9.17) is 0 Å². The molecule has 0 bridgehead atoms. The van der Waals surface area contributed by atoms with Crippen molar-refractivity contribution >= 4 is 0 Å². The third-order valence-electron chi connectivity index (χ3n) is 3.74. The Labute approximate surface area is 90.5 Å². The van der Waals surface area contributed by atoms with Crippen LogP contribution >= 0.6 is 0 Å². The molecule has 0 nitrogen and oxygen atoms in total. The summed E-state index contributed by atoms with van der Waals surface area (Å²) < 4.78 is 0. The van der Waals surface area contributed by atoms with E-state index in [1.54, 1.807) is 0 Å². The average molecular weight is 196 g/mol. The van der Waals surface area contributed by atoms with E-state index < -0.39 is 0 Å². The molecule has 1 aliphatic rings. The normalized spacial score (nSPS) is 31.3. The van der Waals surface area contributed by atoms with Crippen molar-refractivity contribution < 1.29 is 0 Å². The maximum absolute atomic E-state index is 2.46. The number of hydrogen-bond acceptors (Lipinski definition) is 0. The van der Waals surface area contributed by atoms with Crippen LogP contribution in [-0.4, -0.2) is 0 Å². The molecule has 0 spiro atoms. The highest BCUT2D eigenvalue weighted by Crippen LogP contribution is 2.27. The van der Waals surface area contributed by atoms with E-state index in [2.05, 4.69) is 13.8 Å². The molecule has 84 valence electrons. The summed E-state index contributed by atoms with van der Waals surface area (Å²) in [6.07, 6.45) is 14.8. The van der Waals surface area contributed by atoms with Crippen LogP contribution in [0.4, 0.5) is 0 Å². The summed E-state index contributed by atoms with van der Waals surface area (Å²) in [6, 6.07) is 0. The van der Waals surface area contributed by atoms with Crippen LogP contribution in [0.1, 0.15) is 78.1 Å². The topological polar surface area (TPSA) is 0 Å². The lowest BCUT2D eigenvalue weighted by molar-refractivity contribution is 0.309. The molecule has 1 aliphatic carbocycles. The Morgan fingerprint density at radius 3 is 2.29 bits per heavy atom. The first-order chi connectivity index (χ1) is 6.83. The van der Waals surface area contributed by atoms with E-state index in [0.717, 1.165) is 11.8 Å². The zero-order chi connectivity index (χ0) is 10.2. The zero-order valence-corrected chi connectivity index (χ0v) is 10.2. The molecule has 1 saturated carbocycles. The van der Waals surface area contributed by atoms with Gasteiger partial charge in [-0.15, -0.1) is 0 Å². The van der Waals surface area contributed by atoms with Crippen molar-refractivity contribution in [3.63, 3.8) is 0 Å². The molecule has 2 atom stereocenters. The lowest BCUT2D eigenvalue weighted by atomic mass is 9.84. The van der Waals surface area contributed by atoms with Gasteiger partial charge in [-0.1, -0.05) is 71.6 Å². The minimum atomic E-state index is 0.990. The van der Waals surface area contributed by atoms with Crippen LogP contribution in [0.2, 0.25) is 0 Å². The molecule has 1 rings (SSSR count). The third-order valence-corrected chi connectivity index (χ3v) is 3.74. The predicted molar refractivity (Wildman–Crippen MR) is 64.5 cm³/mol. The molecular weight excluding hydrogens is 168 g/mol. The van der Waals surface area contributed by atoms with Crippen molar-refractivity contribution in [2.24, 2.45) is 11.8 Å². The summed E-state index contributed by atoms with van der Waals surface area (Å²) in [5.74, 6) is 2.04. The van der Waals surface area contributed by atoms with Crippen LogP contribution in [0, 0.1) is 11.8 Å². The zero-order valence-electron chi connectivity index (χ0n) is 10.2. The van der Waals surface area contributed by atoms with Gasteiger partial charge < -0.3 is 0 Å². The Bertz CT molecular complexity index is 128. The van der Waals surface area contributed by atoms with Gasteiger partial charge in [-0.05, 0) is 18.3 Å². The smallest absolute Gasteiger partial charge is 0.0412 e. The van der Waals surface area contributed by atoms with Gasteiger partial charge in [0.05, 0.1) is 0 Å². The first kappa shape index (κ1) is 12.1.